The van der Waals surface area contributed by atoms with E-state index in [2.05, 4.69) is 29.5 Å². The van der Waals surface area contributed by atoms with Gasteiger partial charge in [0.05, 0.1) is 12.2 Å². The Morgan fingerprint density at radius 2 is 1.58 bits per heavy atom. The van der Waals surface area contributed by atoms with E-state index in [-0.39, 0.29) is 0 Å². The summed E-state index contributed by atoms with van der Waals surface area (Å²) in [5, 5.41) is 8.44. The summed E-state index contributed by atoms with van der Waals surface area (Å²) in [5.74, 6) is 0. The van der Waals surface area contributed by atoms with E-state index in [0.717, 1.165) is 22.4 Å². The van der Waals surface area contributed by atoms with Crippen LogP contribution in [0, 0.1) is 0 Å². The van der Waals surface area contributed by atoms with Crippen LogP contribution in [0.25, 0.3) is 12.2 Å². The number of hydrogen-bond donors (Lipinski definition) is 0. The second-order valence-electron chi connectivity index (χ2n) is 4.15. The Labute approximate surface area is 113 Å². The van der Waals surface area contributed by atoms with Gasteiger partial charge in [-0.3, -0.25) is 0 Å². The number of benzene rings is 2. The third-order valence-electron chi connectivity index (χ3n) is 2.73. The maximum atomic E-state index is 4.22. The molecule has 0 fully saturated rings. The van der Waals surface area contributed by atoms with E-state index in [4.69, 9.17) is 0 Å². The Morgan fingerprint density at radius 3 is 2.32 bits per heavy atom. The van der Waals surface area contributed by atoms with E-state index in [1.54, 1.807) is 6.08 Å². The lowest BCUT2D eigenvalue weighted by Gasteiger charge is -1.98. The van der Waals surface area contributed by atoms with Crippen molar-refractivity contribution in [1.82, 2.24) is 0 Å². The van der Waals surface area contributed by atoms with Crippen LogP contribution in [0.5, 0.6) is 0 Å². The number of nitrogens with zero attached hydrogens (tertiary/aromatic N) is 2. The normalized spacial score (nSPS) is 10.5. The van der Waals surface area contributed by atoms with Crippen LogP contribution in [0.2, 0.25) is 0 Å². The zero-order chi connectivity index (χ0) is 13.5. The van der Waals surface area contributed by atoms with E-state index < -0.39 is 0 Å². The number of hydrogen-bond acceptors (Lipinski definition) is 2. The van der Waals surface area contributed by atoms with Crippen LogP contribution in [-0.2, 0) is 6.54 Å². The molecule has 0 aliphatic heterocycles. The summed E-state index contributed by atoms with van der Waals surface area (Å²) in [7, 11) is 0. The summed E-state index contributed by atoms with van der Waals surface area (Å²) in [6, 6.07) is 15.9. The zero-order valence-corrected chi connectivity index (χ0v) is 10.8. The Morgan fingerprint density at radius 1 is 0.895 bits per heavy atom. The Balaban J connectivity index is 2.06. The first-order chi connectivity index (χ1) is 9.31. The van der Waals surface area contributed by atoms with Gasteiger partial charge in [0.2, 0.25) is 0 Å². The molecule has 19 heavy (non-hydrogen) atoms. The van der Waals surface area contributed by atoms with Gasteiger partial charge in [-0.25, -0.2) is 0 Å². The first-order valence-corrected chi connectivity index (χ1v) is 6.13. The van der Waals surface area contributed by atoms with Gasteiger partial charge in [0.25, 0.3) is 0 Å². The predicted octanol–water partition coefficient (Wildman–Crippen LogP) is 5.26. The molecule has 0 saturated heterocycles. The standard InChI is InChI=1S/C17H16N2/c1-3-14-7-5-9-16(11-14)13-18-19-17-10-6-8-15(4-2)12-17/h3-12H,1-2,13H2. The summed E-state index contributed by atoms with van der Waals surface area (Å²) in [6.45, 7) is 8.06. The van der Waals surface area contributed by atoms with Gasteiger partial charge in [-0.05, 0) is 34.9 Å². The van der Waals surface area contributed by atoms with Crippen molar-refractivity contribution < 1.29 is 0 Å². The molecular weight excluding hydrogens is 232 g/mol. The maximum Gasteiger partial charge on any atom is 0.0858 e. The molecule has 2 aromatic carbocycles. The largest absolute Gasteiger partial charge is 0.184 e. The number of rotatable bonds is 5. The lowest BCUT2D eigenvalue weighted by Crippen LogP contribution is -1.81. The molecule has 0 unspecified atom stereocenters. The third kappa shape index (κ3) is 3.75. The molecule has 0 bridgehead atoms. The van der Waals surface area contributed by atoms with E-state index >= 15 is 0 Å². The highest BCUT2D eigenvalue weighted by molar-refractivity contribution is 5.53. The van der Waals surface area contributed by atoms with Crippen LogP contribution in [0.15, 0.2) is 71.9 Å². The molecule has 0 heterocycles. The summed E-state index contributed by atoms with van der Waals surface area (Å²) in [5.41, 5.74) is 4.12. The van der Waals surface area contributed by atoms with Crippen LogP contribution in [0.4, 0.5) is 5.69 Å². The molecule has 0 aromatic heterocycles. The van der Waals surface area contributed by atoms with Gasteiger partial charge in [0.15, 0.2) is 0 Å². The van der Waals surface area contributed by atoms with Gasteiger partial charge >= 0.3 is 0 Å². The molecule has 94 valence electrons. The first kappa shape index (κ1) is 13.0. The second-order valence-corrected chi connectivity index (χ2v) is 4.15. The molecule has 0 N–H and O–H groups in total. The number of azo groups is 1. The van der Waals surface area contributed by atoms with Gasteiger partial charge in [0, 0.05) is 0 Å². The van der Waals surface area contributed by atoms with Gasteiger partial charge in [-0.2, -0.15) is 10.2 Å². The monoisotopic (exact) mass is 248 g/mol. The van der Waals surface area contributed by atoms with Crippen molar-refractivity contribution in [3.05, 3.63) is 78.4 Å². The fraction of sp³-hybridized carbons (Fsp3) is 0.0588. The van der Waals surface area contributed by atoms with E-state index in [0.29, 0.717) is 6.54 Å². The van der Waals surface area contributed by atoms with Crippen LogP contribution in [0.3, 0.4) is 0 Å². The summed E-state index contributed by atoms with van der Waals surface area (Å²) >= 11 is 0. The van der Waals surface area contributed by atoms with Crippen LogP contribution in [-0.4, -0.2) is 0 Å². The van der Waals surface area contributed by atoms with Crippen molar-refractivity contribution in [1.29, 1.82) is 0 Å². The summed E-state index contributed by atoms with van der Waals surface area (Å²) in [4.78, 5) is 0. The lowest BCUT2D eigenvalue weighted by molar-refractivity contribution is 0.959. The zero-order valence-electron chi connectivity index (χ0n) is 10.8. The van der Waals surface area contributed by atoms with Crippen LogP contribution >= 0.6 is 0 Å². The minimum absolute atomic E-state index is 0.569. The molecule has 0 amide bonds. The highest BCUT2D eigenvalue weighted by Crippen LogP contribution is 2.16. The Hall–Kier alpha value is -2.48. The minimum Gasteiger partial charge on any atom is -0.184 e. The summed E-state index contributed by atoms with van der Waals surface area (Å²) < 4.78 is 0. The molecule has 0 radical (unpaired) electrons. The molecule has 2 heteroatoms. The average Bonchev–Trinajstić information content (AvgIpc) is 2.48. The van der Waals surface area contributed by atoms with Crippen LogP contribution in [0.1, 0.15) is 16.7 Å². The van der Waals surface area contributed by atoms with Gasteiger partial charge in [0.1, 0.15) is 0 Å². The quantitative estimate of drug-likeness (QED) is 0.645. The molecular formula is C17H16N2. The van der Waals surface area contributed by atoms with Crippen molar-refractivity contribution in [2.24, 2.45) is 10.2 Å². The molecule has 2 rings (SSSR count). The van der Waals surface area contributed by atoms with Crippen molar-refractivity contribution in [2.75, 3.05) is 0 Å². The molecule has 0 aliphatic carbocycles. The minimum atomic E-state index is 0.569. The van der Waals surface area contributed by atoms with Crippen molar-refractivity contribution in [3.63, 3.8) is 0 Å². The SMILES string of the molecule is C=Cc1cccc(CN=Nc2cccc(C=C)c2)c1. The van der Waals surface area contributed by atoms with Crippen molar-refractivity contribution >= 4 is 17.8 Å². The fourth-order valence-corrected chi connectivity index (χ4v) is 1.73. The lowest BCUT2D eigenvalue weighted by atomic mass is 10.1. The second kappa shape index (κ2) is 6.45. The first-order valence-electron chi connectivity index (χ1n) is 6.13. The molecule has 2 aromatic rings. The molecule has 0 spiro atoms. The molecule has 0 atom stereocenters. The topological polar surface area (TPSA) is 24.7 Å². The molecule has 0 saturated carbocycles. The van der Waals surface area contributed by atoms with Crippen molar-refractivity contribution in [2.45, 2.75) is 6.54 Å². The maximum absolute atomic E-state index is 4.22. The highest BCUT2D eigenvalue weighted by atomic mass is 15.1. The highest BCUT2D eigenvalue weighted by Gasteiger charge is 1.93. The smallest absolute Gasteiger partial charge is 0.0858 e. The fourth-order valence-electron chi connectivity index (χ4n) is 1.73. The third-order valence-corrected chi connectivity index (χ3v) is 2.73. The average molecular weight is 248 g/mol. The Kier molecular flexibility index (Phi) is 4.40. The van der Waals surface area contributed by atoms with E-state index in [1.807, 2.05) is 48.5 Å². The van der Waals surface area contributed by atoms with Gasteiger partial charge in [-0.15, -0.1) is 0 Å². The predicted molar refractivity (Wildman–Crippen MR) is 81.3 cm³/mol. The van der Waals surface area contributed by atoms with Gasteiger partial charge < -0.3 is 0 Å². The summed E-state index contributed by atoms with van der Waals surface area (Å²) in [6.07, 6.45) is 3.63. The van der Waals surface area contributed by atoms with E-state index in [1.165, 1.54) is 0 Å². The molecule has 2 nitrogen and oxygen atoms in total. The Bertz CT molecular complexity index is 612. The van der Waals surface area contributed by atoms with Crippen LogP contribution < -0.4 is 0 Å². The van der Waals surface area contributed by atoms with Gasteiger partial charge in [-0.1, -0.05) is 55.6 Å². The van der Waals surface area contributed by atoms with E-state index in [9.17, 15) is 0 Å². The molecule has 0 aliphatic rings. The van der Waals surface area contributed by atoms with Crippen molar-refractivity contribution in [3.8, 4) is 0 Å².